The normalized spacial score (nSPS) is 16.4. The summed E-state index contributed by atoms with van der Waals surface area (Å²) < 4.78 is 5.42. The molecule has 2 rings (SSSR count). The molecule has 1 saturated heterocycles. The van der Waals surface area contributed by atoms with E-state index in [2.05, 4.69) is 4.98 Å². The number of aldehydes is 1. The molecule has 0 bridgehead atoms. The number of carbonyl (C=O) groups excluding carboxylic acids is 4. The Kier molecular flexibility index (Phi) is 5.80. The molecular formula is C17H23N3O5S. The first-order valence-corrected chi connectivity index (χ1v) is 9.15. The molecule has 0 unspecified atom stereocenters. The quantitative estimate of drug-likeness (QED) is 0.425. The molecule has 142 valence electrons. The summed E-state index contributed by atoms with van der Waals surface area (Å²) in [5, 5.41) is 1.91. The first kappa shape index (κ1) is 20.0. The van der Waals surface area contributed by atoms with Gasteiger partial charge in [0.05, 0.1) is 12.2 Å². The molecule has 3 amide bonds. The Morgan fingerprint density at radius 2 is 2.04 bits per heavy atom. The van der Waals surface area contributed by atoms with Gasteiger partial charge < -0.3 is 9.64 Å². The third-order valence-corrected chi connectivity index (χ3v) is 4.51. The molecule has 1 atom stereocenters. The van der Waals surface area contributed by atoms with E-state index >= 15 is 0 Å². The highest BCUT2D eigenvalue weighted by Gasteiger charge is 2.45. The molecule has 1 fully saturated rings. The number of carbonyl (C=O) groups is 4. The van der Waals surface area contributed by atoms with E-state index in [4.69, 9.17) is 4.74 Å². The summed E-state index contributed by atoms with van der Waals surface area (Å²) in [5.74, 6) is -1.17. The molecule has 2 heterocycles. The van der Waals surface area contributed by atoms with Crippen LogP contribution in [0.4, 0.5) is 4.79 Å². The maximum Gasteiger partial charge on any atom is 0.329 e. The van der Waals surface area contributed by atoms with E-state index in [1.165, 1.54) is 4.90 Å². The number of hydrogen-bond donors (Lipinski definition) is 0. The average Bonchev–Trinajstić information content (AvgIpc) is 3.06. The number of rotatable bonds is 6. The van der Waals surface area contributed by atoms with Crippen molar-refractivity contribution in [1.82, 2.24) is 14.8 Å². The Morgan fingerprint density at radius 3 is 2.54 bits per heavy atom. The fourth-order valence-electron chi connectivity index (χ4n) is 2.67. The number of urea groups is 1. The minimum atomic E-state index is -0.850. The fraction of sp³-hybridized carbons (Fsp3) is 0.588. The van der Waals surface area contributed by atoms with Crippen molar-refractivity contribution in [2.75, 3.05) is 6.54 Å². The van der Waals surface area contributed by atoms with Crippen molar-refractivity contribution in [2.24, 2.45) is 5.92 Å². The molecule has 0 N–H and O–H groups in total. The van der Waals surface area contributed by atoms with Gasteiger partial charge in [0.1, 0.15) is 18.2 Å². The van der Waals surface area contributed by atoms with Crippen molar-refractivity contribution in [1.29, 1.82) is 0 Å². The van der Waals surface area contributed by atoms with Gasteiger partial charge in [-0.05, 0) is 26.7 Å². The second kappa shape index (κ2) is 7.53. The van der Waals surface area contributed by atoms with Crippen LogP contribution in [0, 0.1) is 5.92 Å². The first-order chi connectivity index (χ1) is 12.0. The van der Waals surface area contributed by atoms with Gasteiger partial charge in [-0.1, -0.05) is 13.8 Å². The summed E-state index contributed by atoms with van der Waals surface area (Å²) in [6.45, 7) is 8.62. The van der Waals surface area contributed by atoms with Crippen molar-refractivity contribution in [3.63, 3.8) is 0 Å². The van der Waals surface area contributed by atoms with E-state index in [0.717, 1.165) is 16.2 Å². The number of aromatic nitrogens is 1. The molecule has 26 heavy (non-hydrogen) atoms. The van der Waals surface area contributed by atoms with Crippen molar-refractivity contribution < 1.29 is 23.9 Å². The molecule has 0 spiro atoms. The van der Waals surface area contributed by atoms with Crippen LogP contribution in [0.25, 0.3) is 0 Å². The number of esters is 1. The van der Waals surface area contributed by atoms with Crippen LogP contribution in [0.5, 0.6) is 0 Å². The molecule has 0 aliphatic carbocycles. The third kappa shape index (κ3) is 4.46. The zero-order valence-corrected chi connectivity index (χ0v) is 16.3. The van der Waals surface area contributed by atoms with E-state index in [0.29, 0.717) is 12.0 Å². The highest BCUT2D eigenvalue weighted by Crippen LogP contribution is 2.24. The number of hydrogen-bond acceptors (Lipinski definition) is 7. The monoisotopic (exact) mass is 381 g/mol. The number of nitrogens with zero attached hydrogens (tertiary/aromatic N) is 3. The van der Waals surface area contributed by atoms with Gasteiger partial charge in [-0.2, -0.15) is 0 Å². The van der Waals surface area contributed by atoms with Crippen molar-refractivity contribution in [3.8, 4) is 0 Å². The van der Waals surface area contributed by atoms with Gasteiger partial charge >= 0.3 is 12.0 Å². The SMILES string of the molecule is CC(C)[C@@H](C(=O)OC(C)(C)C)N1CC(=O)N(Cc2csc(C=O)n2)C1=O. The van der Waals surface area contributed by atoms with E-state index in [1.54, 1.807) is 40.0 Å². The minimum Gasteiger partial charge on any atom is -0.458 e. The van der Waals surface area contributed by atoms with Crippen LogP contribution in [0.15, 0.2) is 5.38 Å². The molecule has 0 aromatic carbocycles. The lowest BCUT2D eigenvalue weighted by Crippen LogP contribution is -2.49. The molecule has 1 aromatic heterocycles. The Hall–Kier alpha value is -2.29. The minimum absolute atomic E-state index is 0.0301. The largest absolute Gasteiger partial charge is 0.458 e. The number of thiazole rings is 1. The summed E-state index contributed by atoms with van der Waals surface area (Å²) in [5.41, 5.74) is -0.235. The molecule has 0 saturated carbocycles. The third-order valence-electron chi connectivity index (χ3n) is 3.69. The molecule has 0 radical (unpaired) electrons. The van der Waals surface area contributed by atoms with Crippen LogP contribution in [0.2, 0.25) is 0 Å². The van der Waals surface area contributed by atoms with E-state index in [1.807, 2.05) is 0 Å². The zero-order valence-electron chi connectivity index (χ0n) is 15.5. The Morgan fingerprint density at radius 1 is 1.38 bits per heavy atom. The van der Waals surface area contributed by atoms with Crippen molar-refractivity contribution in [3.05, 3.63) is 16.1 Å². The van der Waals surface area contributed by atoms with Gasteiger partial charge in [0.2, 0.25) is 0 Å². The summed E-state index contributed by atoms with van der Waals surface area (Å²) in [7, 11) is 0. The number of ether oxygens (including phenoxy) is 1. The molecule has 1 aromatic rings. The highest BCUT2D eigenvalue weighted by atomic mass is 32.1. The molecule has 1 aliphatic heterocycles. The summed E-state index contributed by atoms with van der Waals surface area (Å²) in [4.78, 5) is 54.7. The highest BCUT2D eigenvalue weighted by molar-refractivity contribution is 7.11. The van der Waals surface area contributed by atoms with Crippen LogP contribution in [-0.2, 0) is 20.9 Å². The zero-order chi connectivity index (χ0) is 19.6. The van der Waals surface area contributed by atoms with Gasteiger partial charge in [-0.25, -0.2) is 14.6 Å². The lowest BCUT2D eigenvalue weighted by atomic mass is 10.0. The number of imide groups is 1. The smallest absolute Gasteiger partial charge is 0.329 e. The lowest BCUT2D eigenvalue weighted by Gasteiger charge is -2.31. The molecule has 8 nitrogen and oxygen atoms in total. The maximum absolute atomic E-state index is 12.7. The van der Waals surface area contributed by atoms with Gasteiger partial charge in [-0.15, -0.1) is 11.3 Å². The molecular weight excluding hydrogens is 358 g/mol. The number of amides is 3. The first-order valence-electron chi connectivity index (χ1n) is 8.27. The fourth-order valence-corrected chi connectivity index (χ4v) is 3.28. The van der Waals surface area contributed by atoms with E-state index in [-0.39, 0.29) is 24.0 Å². The summed E-state index contributed by atoms with van der Waals surface area (Å²) >= 11 is 1.14. The predicted octanol–water partition coefficient (Wildman–Crippen LogP) is 2.09. The molecule has 1 aliphatic rings. The Labute approximate surface area is 156 Å². The van der Waals surface area contributed by atoms with Crippen molar-refractivity contribution >= 4 is 35.5 Å². The van der Waals surface area contributed by atoms with E-state index < -0.39 is 29.6 Å². The van der Waals surface area contributed by atoms with Crippen LogP contribution in [0.1, 0.15) is 50.1 Å². The van der Waals surface area contributed by atoms with Gasteiger partial charge in [0, 0.05) is 5.38 Å². The van der Waals surface area contributed by atoms with Crippen LogP contribution < -0.4 is 0 Å². The van der Waals surface area contributed by atoms with Gasteiger partial charge in [-0.3, -0.25) is 14.5 Å². The van der Waals surface area contributed by atoms with Crippen LogP contribution in [0.3, 0.4) is 0 Å². The average molecular weight is 381 g/mol. The Bertz CT molecular complexity index is 722. The van der Waals surface area contributed by atoms with E-state index in [9.17, 15) is 19.2 Å². The predicted molar refractivity (Wildman–Crippen MR) is 94.6 cm³/mol. The molecule has 9 heteroatoms. The second-order valence-electron chi connectivity index (χ2n) is 7.41. The lowest BCUT2D eigenvalue weighted by molar-refractivity contribution is -0.161. The van der Waals surface area contributed by atoms with Gasteiger partial charge in [0.25, 0.3) is 5.91 Å². The maximum atomic E-state index is 12.7. The Balaban J connectivity index is 2.18. The standard InChI is InChI=1S/C17H23N3O5S/c1-10(2)14(15(23)25-17(3,4)5)20-7-13(22)19(16(20)24)6-11-9-26-12(8-21)18-11/h8-10,14H,6-7H2,1-5H3/t14-/m0/s1. The van der Waals surface area contributed by atoms with Crippen LogP contribution >= 0.6 is 11.3 Å². The van der Waals surface area contributed by atoms with Crippen LogP contribution in [-0.4, -0.2) is 57.2 Å². The second-order valence-corrected chi connectivity index (χ2v) is 8.30. The summed E-state index contributed by atoms with van der Waals surface area (Å²) in [6, 6.07) is -1.41. The topological polar surface area (TPSA) is 96.9 Å². The van der Waals surface area contributed by atoms with Crippen molar-refractivity contribution in [2.45, 2.75) is 52.8 Å². The van der Waals surface area contributed by atoms with Gasteiger partial charge in [0.15, 0.2) is 11.3 Å². The summed E-state index contributed by atoms with van der Waals surface area (Å²) in [6.07, 6.45) is 0.616.